The van der Waals surface area contributed by atoms with Crippen molar-refractivity contribution in [2.24, 2.45) is 0 Å². The third kappa shape index (κ3) is 3.14. The third-order valence-corrected chi connectivity index (χ3v) is 5.13. The van der Waals surface area contributed by atoms with Crippen molar-refractivity contribution in [3.8, 4) is 0 Å². The number of aromatic nitrogens is 2. The summed E-state index contributed by atoms with van der Waals surface area (Å²) in [4.78, 5) is 7.32. The molecule has 1 aromatic rings. The van der Waals surface area contributed by atoms with E-state index in [-0.39, 0.29) is 5.41 Å². The highest BCUT2D eigenvalue weighted by Crippen LogP contribution is 2.28. The van der Waals surface area contributed by atoms with Crippen LogP contribution in [0.3, 0.4) is 0 Å². The van der Waals surface area contributed by atoms with Gasteiger partial charge in [0, 0.05) is 42.1 Å². The molecule has 3 rings (SSSR count). The predicted molar refractivity (Wildman–Crippen MR) is 84.5 cm³/mol. The highest BCUT2D eigenvalue weighted by Gasteiger charge is 2.30. The standard InChI is InChI=1S/C15H26N4S/c1-15(2,3)13-17-14(20-18-13)16-11-8-9-19(10-11)12-6-4-5-7-12/h11-12H,4-10H2,1-3H3,(H,16,17,18). The number of rotatable bonds is 3. The summed E-state index contributed by atoms with van der Waals surface area (Å²) < 4.78 is 4.48. The van der Waals surface area contributed by atoms with Crippen molar-refractivity contribution in [3.05, 3.63) is 5.82 Å². The van der Waals surface area contributed by atoms with E-state index < -0.39 is 0 Å². The van der Waals surface area contributed by atoms with E-state index in [0.29, 0.717) is 6.04 Å². The van der Waals surface area contributed by atoms with Gasteiger partial charge < -0.3 is 5.32 Å². The SMILES string of the molecule is CC(C)(C)c1nsc(NC2CCN(C3CCCC3)C2)n1. The summed E-state index contributed by atoms with van der Waals surface area (Å²) in [5.41, 5.74) is 0.0436. The van der Waals surface area contributed by atoms with E-state index >= 15 is 0 Å². The minimum Gasteiger partial charge on any atom is -0.356 e. The van der Waals surface area contributed by atoms with Gasteiger partial charge in [0.05, 0.1) is 0 Å². The molecule has 0 aromatic carbocycles. The van der Waals surface area contributed by atoms with Crippen LogP contribution in [0.1, 0.15) is 58.7 Å². The molecule has 0 bridgehead atoms. The van der Waals surface area contributed by atoms with Crippen LogP contribution in [0.5, 0.6) is 0 Å². The van der Waals surface area contributed by atoms with E-state index in [9.17, 15) is 0 Å². The molecule has 1 aromatic heterocycles. The molecule has 4 nitrogen and oxygen atoms in total. The monoisotopic (exact) mass is 294 g/mol. The van der Waals surface area contributed by atoms with Gasteiger partial charge in [0.15, 0.2) is 0 Å². The molecule has 1 saturated heterocycles. The molecule has 2 heterocycles. The van der Waals surface area contributed by atoms with Gasteiger partial charge in [-0.3, -0.25) is 4.90 Å². The van der Waals surface area contributed by atoms with Gasteiger partial charge in [-0.2, -0.15) is 4.37 Å². The van der Waals surface area contributed by atoms with Crippen LogP contribution in [-0.2, 0) is 5.41 Å². The van der Waals surface area contributed by atoms with E-state index in [1.54, 1.807) is 0 Å². The lowest BCUT2D eigenvalue weighted by atomic mass is 9.96. The van der Waals surface area contributed by atoms with E-state index in [4.69, 9.17) is 0 Å². The Morgan fingerprint density at radius 2 is 1.95 bits per heavy atom. The molecule has 1 aliphatic carbocycles. The quantitative estimate of drug-likeness (QED) is 0.929. The first-order valence-electron chi connectivity index (χ1n) is 7.87. The lowest BCUT2D eigenvalue weighted by Crippen LogP contribution is -2.33. The van der Waals surface area contributed by atoms with Crippen LogP contribution in [0.4, 0.5) is 5.13 Å². The molecule has 1 saturated carbocycles. The second-order valence-electron chi connectivity index (χ2n) is 7.24. The van der Waals surface area contributed by atoms with E-state index in [2.05, 4.69) is 40.3 Å². The molecule has 1 N–H and O–H groups in total. The second-order valence-corrected chi connectivity index (χ2v) is 7.99. The summed E-state index contributed by atoms with van der Waals surface area (Å²) in [5, 5.41) is 4.58. The molecule has 20 heavy (non-hydrogen) atoms. The van der Waals surface area contributed by atoms with E-state index in [1.807, 2.05) is 0 Å². The number of nitrogens with zero attached hydrogens (tertiary/aromatic N) is 3. The number of likely N-dealkylation sites (tertiary alicyclic amines) is 1. The molecular formula is C15H26N4S. The lowest BCUT2D eigenvalue weighted by Gasteiger charge is -2.23. The van der Waals surface area contributed by atoms with Crippen molar-refractivity contribution in [1.29, 1.82) is 0 Å². The first-order valence-corrected chi connectivity index (χ1v) is 8.64. The Kier molecular flexibility index (Phi) is 4.00. The summed E-state index contributed by atoms with van der Waals surface area (Å²) in [6, 6.07) is 1.40. The molecule has 2 aliphatic rings. The maximum Gasteiger partial charge on any atom is 0.202 e. The molecule has 0 radical (unpaired) electrons. The Morgan fingerprint density at radius 1 is 1.20 bits per heavy atom. The summed E-state index contributed by atoms with van der Waals surface area (Å²) in [6.45, 7) is 8.91. The van der Waals surface area contributed by atoms with Crippen LogP contribution in [0.2, 0.25) is 0 Å². The highest BCUT2D eigenvalue weighted by atomic mass is 32.1. The number of nitrogens with one attached hydrogen (secondary N) is 1. The topological polar surface area (TPSA) is 41.1 Å². The molecule has 5 heteroatoms. The minimum absolute atomic E-state index is 0.0436. The van der Waals surface area contributed by atoms with Crippen molar-refractivity contribution in [1.82, 2.24) is 14.3 Å². The number of hydrogen-bond donors (Lipinski definition) is 1. The molecular weight excluding hydrogens is 268 g/mol. The Bertz CT molecular complexity index is 445. The number of hydrogen-bond acceptors (Lipinski definition) is 5. The maximum absolute atomic E-state index is 4.65. The van der Waals surface area contributed by atoms with Crippen molar-refractivity contribution >= 4 is 16.7 Å². The van der Waals surface area contributed by atoms with Gasteiger partial charge in [0.1, 0.15) is 5.82 Å². The fraction of sp³-hybridized carbons (Fsp3) is 0.867. The van der Waals surface area contributed by atoms with E-state index in [1.165, 1.54) is 56.7 Å². The van der Waals surface area contributed by atoms with Crippen LogP contribution in [0, 0.1) is 0 Å². The van der Waals surface area contributed by atoms with Crippen molar-refractivity contribution < 1.29 is 0 Å². The summed E-state index contributed by atoms with van der Waals surface area (Å²) in [5.74, 6) is 0.954. The van der Waals surface area contributed by atoms with Crippen molar-refractivity contribution in [2.75, 3.05) is 18.4 Å². The lowest BCUT2D eigenvalue weighted by molar-refractivity contribution is 0.245. The van der Waals surface area contributed by atoms with Crippen LogP contribution in [0.15, 0.2) is 0 Å². The van der Waals surface area contributed by atoms with Gasteiger partial charge in [0.25, 0.3) is 0 Å². The zero-order valence-corrected chi connectivity index (χ0v) is 13.7. The Labute approximate surface area is 126 Å². The molecule has 112 valence electrons. The van der Waals surface area contributed by atoms with Crippen molar-refractivity contribution in [2.45, 2.75) is 70.4 Å². The zero-order valence-electron chi connectivity index (χ0n) is 12.9. The normalized spacial score (nSPS) is 25.4. The fourth-order valence-electron chi connectivity index (χ4n) is 3.27. The first kappa shape index (κ1) is 14.3. The zero-order chi connectivity index (χ0) is 14.2. The number of anilines is 1. The van der Waals surface area contributed by atoms with Gasteiger partial charge in [0.2, 0.25) is 5.13 Å². The smallest absolute Gasteiger partial charge is 0.202 e. The van der Waals surface area contributed by atoms with Crippen LogP contribution >= 0.6 is 11.5 Å². The van der Waals surface area contributed by atoms with Gasteiger partial charge in [-0.05, 0) is 19.3 Å². The molecule has 0 amide bonds. The molecule has 1 unspecified atom stereocenters. The average Bonchev–Trinajstić information content (AvgIpc) is 3.08. The molecule has 1 atom stereocenters. The van der Waals surface area contributed by atoms with Gasteiger partial charge >= 0.3 is 0 Å². The van der Waals surface area contributed by atoms with Gasteiger partial charge in [-0.1, -0.05) is 33.6 Å². The Morgan fingerprint density at radius 3 is 2.60 bits per heavy atom. The maximum atomic E-state index is 4.65. The predicted octanol–water partition coefficient (Wildman–Crippen LogP) is 3.26. The van der Waals surface area contributed by atoms with Crippen LogP contribution in [0.25, 0.3) is 0 Å². The van der Waals surface area contributed by atoms with E-state index in [0.717, 1.165) is 17.0 Å². The third-order valence-electron chi connectivity index (χ3n) is 4.49. The van der Waals surface area contributed by atoms with Gasteiger partial charge in [-0.25, -0.2) is 4.98 Å². The molecule has 0 spiro atoms. The minimum atomic E-state index is 0.0436. The molecule has 1 aliphatic heterocycles. The van der Waals surface area contributed by atoms with Crippen LogP contribution < -0.4 is 5.32 Å². The molecule has 2 fully saturated rings. The second kappa shape index (κ2) is 5.60. The fourth-order valence-corrected chi connectivity index (χ4v) is 4.10. The van der Waals surface area contributed by atoms with Gasteiger partial charge in [-0.15, -0.1) is 0 Å². The van der Waals surface area contributed by atoms with Crippen LogP contribution in [-0.4, -0.2) is 39.4 Å². The highest BCUT2D eigenvalue weighted by molar-refractivity contribution is 7.09. The summed E-state index contributed by atoms with van der Waals surface area (Å²) in [6.07, 6.45) is 6.88. The summed E-state index contributed by atoms with van der Waals surface area (Å²) >= 11 is 1.51. The summed E-state index contributed by atoms with van der Waals surface area (Å²) in [7, 11) is 0. The largest absolute Gasteiger partial charge is 0.356 e. The average molecular weight is 294 g/mol. The Balaban J connectivity index is 1.55. The van der Waals surface area contributed by atoms with Crippen molar-refractivity contribution in [3.63, 3.8) is 0 Å². The first-order chi connectivity index (χ1) is 9.52. The Hall–Kier alpha value is -0.680.